The van der Waals surface area contributed by atoms with E-state index in [0.29, 0.717) is 37.3 Å². The van der Waals surface area contributed by atoms with Crippen molar-refractivity contribution in [2.24, 2.45) is 22.7 Å². The van der Waals surface area contributed by atoms with Gasteiger partial charge in [-0.1, -0.05) is 34.1 Å². The number of nitrogens with one attached hydrogen (secondary N) is 1. The molecule has 14 heteroatoms. The van der Waals surface area contributed by atoms with Crippen LogP contribution < -0.4 is 14.2 Å². The van der Waals surface area contributed by atoms with Gasteiger partial charge in [0.1, 0.15) is 17.5 Å². The molecule has 52 heavy (non-hydrogen) atoms. The number of hydrogen-bond donors (Lipinski definition) is 1. The lowest BCUT2D eigenvalue weighted by Crippen LogP contribution is -2.48. The lowest BCUT2D eigenvalue weighted by Gasteiger charge is -2.35. The molecular formula is C38H51N3O10S. The second kappa shape index (κ2) is 13.6. The standard InChI is InChI=1S/C38H51N3O10S/c1-8-24-20-38(24,34(45)40-52(46,47)51-37(6)14-15-37)21-30(42)29-18-26(49-32-27-10-9-25(48-7)17-23(27)11-16-39-32)22-41(29)33(44)28(35(2,3)4)19-31(43)50-36(5)12-13-36/h9-11,16-17,24,26,28-29H,8,12-15,18-22H2,1-7H3,(H,40,45)/t24?,26?,28?,29?,38-/m1/s1. The lowest BCUT2D eigenvalue weighted by atomic mass is 9.77. The molecule has 4 fully saturated rings. The molecule has 0 bridgehead atoms. The SMILES string of the molecule is CCC1C[C@]1(CC(=O)C1CC(Oc2nccc3cc(OC)ccc23)CN1C(=O)C(CC(=O)OC1(C)CC1)C(C)(C)C)C(=O)NS(=O)(=O)OC1(C)CC1. The van der Waals surface area contributed by atoms with E-state index < -0.39 is 62.3 Å². The van der Waals surface area contributed by atoms with Gasteiger partial charge in [0, 0.05) is 24.4 Å². The van der Waals surface area contributed by atoms with E-state index in [1.807, 2.05) is 52.8 Å². The maximum absolute atomic E-state index is 14.6. The number of likely N-dealkylation sites (tertiary alicyclic amines) is 1. The first-order chi connectivity index (χ1) is 24.3. The van der Waals surface area contributed by atoms with E-state index >= 15 is 0 Å². The van der Waals surface area contributed by atoms with E-state index in [0.717, 1.165) is 23.6 Å². The molecule has 3 aliphatic carbocycles. The van der Waals surface area contributed by atoms with Crippen molar-refractivity contribution in [3.63, 3.8) is 0 Å². The van der Waals surface area contributed by atoms with Gasteiger partial charge in [0.15, 0.2) is 5.78 Å². The van der Waals surface area contributed by atoms with Crippen molar-refractivity contribution in [1.82, 2.24) is 14.6 Å². The van der Waals surface area contributed by atoms with Crippen molar-refractivity contribution in [3.8, 4) is 11.6 Å². The number of esters is 1. The third kappa shape index (κ3) is 8.22. The van der Waals surface area contributed by atoms with E-state index in [-0.39, 0.29) is 43.4 Å². The fourth-order valence-electron chi connectivity index (χ4n) is 7.34. The molecule has 1 aromatic heterocycles. The average Bonchev–Trinajstić information content (AvgIpc) is 4.02. The van der Waals surface area contributed by atoms with Gasteiger partial charge in [0.2, 0.25) is 17.7 Å². The first kappa shape index (κ1) is 38.0. The number of benzene rings is 1. The summed E-state index contributed by atoms with van der Waals surface area (Å²) in [5.41, 5.74) is -3.27. The number of hydrogen-bond acceptors (Lipinski definition) is 11. The van der Waals surface area contributed by atoms with Crippen LogP contribution in [-0.2, 0) is 38.4 Å². The lowest BCUT2D eigenvalue weighted by molar-refractivity contribution is -0.157. The Morgan fingerprint density at radius 1 is 1.06 bits per heavy atom. The molecule has 0 radical (unpaired) electrons. The van der Waals surface area contributed by atoms with Crippen molar-refractivity contribution in [1.29, 1.82) is 0 Å². The minimum Gasteiger partial charge on any atom is -0.497 e. The summed E-state index contributed by atoms with van der Waals surface area (Å²) in [4.78, 5) is 61.7. The Hall–Kier alpha value is -3.78. The number of carbonyl (C=O) groups excluding carboxylic acids is 4. The molecule has 1 aromatic carbocycles. The molecule has 2 heterocycles. The molecule has 5 atom stereocenters. The fourth-order valence-corrected chi connectivity index (χ4v) is 8.51. The number of methoxy groups -OCH3 is 1. The van der Waals surface area contributed by atoms with Crippen molar-refractivity contribution < 1.29 is 46.0 Å². The molecule has 4 aliphatic rings. The number of amides is 2. The van der Waals surface area contributed by atoms with Crippen LogP contribution in [0.15, 0.2) is 30.5 Å². The predicted molar refractivity (Wildman–Crippen MR) is 190 cm³/mol. The molecule has 6 rings (SSSR count). The van der Waals surface area contributed by atoms with Crippen LogP contribution in [0.1, 0.15) is 99.3 Å². The van der Waals surface area contributed by atoms with Gasteiger partial charge < -0.3 is 19.1 Å². The zero-order valence-corrected chi connectivity index (χ0v) is 32.0. The summed E-state index contributed by atoms with van der Waals surface area (Å²) < 4.78 is 50.4. The highest BCUT2D eigenvalue weighted by Crippen LogP contribution is 2.58. The highest BCUT2D eigenvalue weighted by molar-refractivity contribution is 7.85. The summed E-state index contributed by atoms with van der Waals surface area (Å²) in [6, 6.07) is 6.33. The summed E-state index contributed by atoms with van der Waals surface area (Å²) in [6.45, 7) is 11.1. The van der Waals surface area contributed by atoms with Crippen LogP contribution in [0, 0.1) is 22.7 Å². The number of rotatable bonds is 15. The number of nitrogens with zero attached hydrogens (tertiary/aromatic N) is 2. The van der Waals surface area contributed by atoms with Gasteiger partial charge in [-0.3, -0.25) is 19.2 Å². The Labute approximate surface area is 305 Å². The van der Waals surface area contributed by atoms with Crippen LogP contribution in [0.25, 0.3) is 10.8 Å². The number of fused-ring (bicyclic) bond motifs is 1. The molecule has 3 saturated carbocycles. The summed E-state index contributed by atoms with van der Waals surface area (Å²) in [6.07, 6.45) is 4.21. The molecule has 2 amide bonds. The third-order valence-corrected chi connectivity index (χ3v) is 12.4. The van der Waals surface area contributed by atoms with Crippen molar-refractivity contribution in [3.05, 3.63) is 30.5 Å². The number of ketones is 1. The zero-order chi connectivity index (χ0) is 37.9. The topological polar surface area (TPSA) is 168 Å². The maximum atomic E-state index is 14.6. The van der Waals surface area contributed by atoms with E-state index in [1.54, 1.807) is 26.3 Å². The number of carbonyl (C=O) groups is 4. The highest BCUT2D eigenvalue weighted by Gasteiger charge is 2.62. The third-order valence-electron chi connectivity index (χ3n) is 11.3. The van der Waals surface area contributed by atoms with Gasteiger partial charge in [-0.15, -0.1) is 0 Å². The number of aromatic nitrogens is 1. The Morgan fingerprint density at radius 3 is 2.35 bits per heavy atom. The monoisotopic (exact) mass is 741 g/mol. The van der Waals surface area contributed by atoms with Gasteiger partial charge in [-0.05, 0) is 86.9 Å². The molecule has 1 N–H and O–H groups in total. The predicted octanol–water partition coefficient (Wildman–Crippen LogP) is 5.05. The van der Waals surface area contributed by atoms with Crippen LogP contribution >= 0.6 is 0 Å². The Balaban J connectivity index is 1.26. The van der Waals surface area contributed by atoms with E-state index in [1.165, 1.54) is 4.90 Å². The van der Waals surface area contributed by atoms with E-state index in [2.05, 4.69) is 9.71 Å². The summed E-state index contributed by atoms with van der Waals surface area (Å²) in [7, 11) is -2.82. The number of Topliss-reactive ketones (excluding diaryl/α,β-unsaturated/α-hetero) is 1. The smallest absolute Gasteiger partial charge is 0.362 e. The minimum absolute atomic E-state index is 0.0417. The normalized spacial score (nSPS) is 26.3. The molecular weight excluding hydrogens is 690 g/mol. The largest absolute Gasteiger partial charge is 0.497 e. The fraction of sp³-hybridized carbons (Fsp3) is 0.658. The molecule has 4 unspecified atom stereocenters. The van der Waals surface area contributed by atoms with Crippen LogP contribution in [-0.4, -0.2) is 78.9 Å². The van der Waals surface area contributed by atoms with Crippen LogP contribution in [0.4, 0.5) is 0 Å². The quantitative estimate of drug-likeness (QED) is 0.243. The van der Waals surface area contributed by atoms with E-state index in [9.17, 15) is 27.6 Å². The second-order valence-corrected chi connectivity index (χ2v) is 18.0. The van der Waals surface area contributed by atoms with Crippen molar-refractivity contribution in [2.45, 2.75) is 123 Å². The number of ether oxygens (including phenoxy) is 3. The van der Waals surface area contributed by atoms with Crippen molar-refractivity contribution in [2.75, 3.05) is 13.7 Å². The first-order valence-corrected chi connectivity index (χ1v) is 19.6. The Kier molecular flexibility index (Phi) is 9.91. The van der Waals surface area contributed by atoms with Gasteiger partial charge in [0.05, 0.1) is 43.1 Å². The van der Waals surface area contributed by atoms with Gasteiger partial charge in [0.25, 0.3) is 0 Å². The van der Waals surface area contributed by atoms with Gasteiger partial charge in [-0.2, -0.15) is 8.42 Å². The zero-order valence-electron chi connectivity index (χ0n) is 31.2. The van der Waals surface area contributed by atoms with Gasteiger partial charge >= 0.3 is 16.3 Å². The van der Waals surface area contributed by atoms with E-state index in [4.69, 9.17) is 18.4 Å². The molecule has 1 saturated heterocycles. The van der Waals surface area contributed by atoms with Crippen LogP contribution in [0.3, 0.4) is 0 Å². The summed E-state index contributed by atoms with van der Waals surface area (Å²) in [5.74, 6) is -2.06. The van der Waals surface area contributed by atoms with Gasteiger partial charge in [-0.25, -0.2) is 13.9 Å². The van der Waals surface area contributed by atoms with Crippen LogP contribution in [0.2, 0.25) is 0 Å². The molecule has 2 aromatic rings. The molecule has 284 valence electrons. The second-order valence-electron chi connectivity index (χ2n) is 16.8. The first-order valence-electron chi connectivity index (χ1n) is 18.2. The minimum atomic E-state index is -4.40. The highest BCUT2D eigenvalue weighted by atomic mass is 32.2. The average molecular weight is 742 g/mol. The van der Waals surface area contributed by atoms with Crippen LogP contribution in [0.5, 0.6) is 11.6 Å². The summed E-state index contributed by atoms with van der Waals surface area (Å²) >= 11 is 0. The Bertz CT molecular complexity index is 1870. The summed E-state index contributed by atoms with van der Waals surface area (Å²) in [5, 5.41) is 1.56. The molecule has 1 aliphatic heterocycles. The maximum Gasteiger partial charge on any atom is 0.362 e. The van der Waals surface area contributed by atoms with Crippen molar-refractivity contribution >= 4 is 44.6 Å². The number of pyridine rings is 1. The Morgan fingerprint density at radius 2 is 1.75 bits per heavy atom. The molecule has 13 nitrogen and oxygen atoms in total. The molecule has 0 spiro atoms.